The SMILES string of the molecule is CC(CN(C(=O)CNC(=O)C(C)(C)C)C1CC1)C(=O)O. The Hall–Kier alpha value is -1.59. The van der Waals surface area contributed by atoms with E-state index < -0.39 is 17.3 Å². The van der Waals surface area contributed by atoms with Gasteiger partial charge >= 0.3 is 5.97 Å². The van der Waals surface area contributed by atoms with Gasteiger partial charge in [-0.2, -0.15) is 0 Å². The van der Waals surface area contributed by atoms with E-state index in [0.29, 0.717) is 0 Å². The van der Waals surface area contributed by atoms with E-state index in [4.69, 9.17) is 5.11 Å². The average Bonchev–Trinajstić information content (AvgIpc) is 3.14. The highest BCUT2D eigenvalue weighted by atomic mass is 16.4. The Bertz CT molecular complexity index is 396. The Morgan fingerprint density at radius 1 is 1.30 bits per heavy atom. The number of hydrogen-bond acceptors (Lipinski definition) is 3. The molecule has 1 unspecified atom stereocenters. The largest absolute Gasteiger partial charge is 0.481 e. The van der Waals surface area contributed by atoms with Crippen LogP contribution >= 0.6 is 0 Å². The maximum absolute atomic E-state index is 12.1. The van der Waals surface area contributed by atoms with Gasteiger partial charge in [0.1, 0.15) is 0 Å². The zero-order valence-corrected chi connectivity index (χ0v) is 12.6. The second kappa shape index (κ2) is 6.24. The third-order valence-corrected chi connectivity index (χ3v) is 3.28. The molecule has 6 nitrogen and oxygen atoms in total. The summed E-state index contributed by atoms with van der Waals surface area (Å²) in [5, 5.41) is 11.5. The van der Waals surface area contributed by atoms with Crippen molar-refractivity contribution in [2.45, 2.75) is 46.6 Å². The fraction of sp³-hybridized carbons (Fsp3) is 0.786. The van der Waals surface area contributed by atoms with Crippen LogP contribution in [0.2, 0.25) is 0 Å². The minimum absolute atomic E-state index is 0.0705. The fourth-order valence-corrected chi connectivity index (χ4v) is 1.74. The van der Waals surface area contributed by atoms with E-state index in [9.17, 15) is 14.4 Å². The molecule has 2 amide bonds. The van der Waals surface area contributed by atoms with Gasteiger partial charge in [-0.25, -0.2) is 0 Å². The lowest BCUT2D eigenvalue weighted by Gasteiger charge is -2.25. The van der Waals surface area contributed by atoms with Crippen LogP contribution in [0.25, 0.3) is 0 Å². The number of carboxylic acid groups (broad SMARTS) is 1. The molecule has 1 rings (SSSR count). The van der Waals surface area contributed by atoms with Crippen molar-refractivity contribution in [3.8, 4) is 0 Å². The van der Waals surface area contributed by atoms with Gasteiger partial charge in [0.15, 0.2) is 0 Å². The van der Waals surface area contributed by atoms with Crippen LogP contribution in [0.4, 0.5) is 0 Å². The minimum Gasteiger partial charge on any atom is -0.481 e. The average molecular weight is 284 g/mol. The molecule has 1 aliphatic carbocycles. The van der Waals surface area contributed by atoms with Crippen LogP contribution in [-0.2, 0) is 14.4 Å². The van der Waals surface area contributed by atoms with E-state index in [1.165, 1.54) is 0 Å². The number of carbonyl (C=O) groups is 3. The Kier molecular flexibility index (Phi) is 5.14. The zero-order chi connectivity index (χ0) is 15.5. The van der Waals surface area contributed by atoms with Crippen molar-refractivity contribution < 1.29 is 19.5 Å². The number of rotatable bonds is 6. The molecule has 20 heavy (non-hydrogen) atoms. The van der Waals surface area contributed by atoms with Crippen molar-refractivity contribution >= 4 is 17.8 Å². The molecule has 0 saturated heterocycles. The second-order valence-electron chi connectivity index (χ2n) is 6.45. The smallest absolute Gasteiger partial charge is 0.308 e. The van der Waals surface area contributed by atoms with E-state index >= 15 is 0 Å². The molecular weight excluding hydrogens is 260 g/mol. The number of carboxylic acids is 1. The fourth-order valence-electron chi connectivity index (χ4n) is 1.74. The van der Waals surface area contributed by atoms with Gasteiger partial charge in [0, 0.05) is 18.0 Å². The first-order valence-corrected chi connectivity index (χ1v) is 6.93. The lowest BCUT2D eigenvalue weighted by molar-refractivity contribution is -0.143. The molecule has 1 atom stereocenters. The summed E-state index contributed by atoms with van der Waals surface area (Å²) in [5.74, 6) is -1.91. The Morgan fingerprint density at radius 2 is 1.85 bits per heavy atom. The lowest BCUT2D eigenvalue weighted by atomic mass is 9.96. The molecule has 0 bridgehead atoms. The van der Waals surface area contributed by atoms with Crippen LogP contribution in [0.3, 0.4) is 0 Å². The summed E-state index contributed by atoms with van der Waals surface area (Å²) in [7, 11) is 0. The van der Waals surface area contributed by atoms with Crippen molar-refractivity contribution in [2.75, 3.05) is 13.1 Å². The maximum atomic E-state index is 12.1. The van der Waals surface area contributed by atoms with Crippen molar-refractivity contribution in [1.29, 1.82) is 0 Å². The predicted octanol–water partition coefficient (Wildman–Crippen LogP) is 0.860. The topological polar surface area (TPSA) is 86.7 Å². The van der Waals surface area contributed by atoms with Gasteiger partial charge in [0.05, 0.1) is 12.5 Å². The summed E-state index contributed by atoms with van der Waals surface area (Å²) < 4.78 is 0. The third kappa shape index (κ3) is 4.83. The van der Waals surface area contributed by atoms with Crippen molar-refractivity contribution in [1.82, 2.24) is 10.2 Å². The van der Waals surface area contributed by atoms with E-state index in [0.717, 1.165) is 12.8 Å². The molecule has 0 radical (unpaired) electrons. The number of hydrogen-bond donors (Lipinski definition) is 2. The molecule has 1 fully saturated rings. The highest BCUT2D eigenvalue weighted by Gasteiger charge is 2.34. The van der Waals surface area contributed by atoms with Crippen LogP contribution < -0.4 is 5.32 Å². The van der Waals surface area contributed by atoms with Gasteiger partial charge in [0.2, 0.25) is 11.8 Å². The molecule has 0 aromatic heterocycles. The van der Waals surface area contributed by atoms with Crippen molar-refractivity contribution in [3.63, 3.8) is 0 Å². The summed E-state index contributed by atoms with van der Waals surface area (Å²) in [6.07, 6.45) is 1.82. The van der Waals surface area contributed by atoms with Crippen LogP contribution in [0.1, 0.15) is 40.5 Å². The molecule has 1 saturated carbocycles. The van der Waals surface area contributed by atoms with Gasteiger partial charge in [0.25, 0.3) is 0 Å². The van der Waals surface area contributed by atoms with Crippen LogP contribution in [-0.4, -0.2) is 46.9 Å². The molecule has 0 aliphatic heterocycles. The summed E-state index contributed by atoms with van der Waals surface area (Å²) in [5.41, 5.74) is -0.543. The van der Waals surface area contributed by atoms with E-state index in [1.807, 2.05) is 0 Å². The Morgan fingerprint density at radius 3 is 2.25 bits per heavy atom. The van der Waals surface area contributed by atoms with Gasteiger partial charge in [-0.15, -0.1) is 0 Å². The molecule has 0 aromatic rings. The molecule has 0 aromatic carbocycles. The van der Waals surface area contributed by atoms with Gasteiger partial charge in [-0.05, 0) is 12.8 Å². The summed E-state index contributed by atoms with van der Waals surface area (Å²) in [4.78, 5) is 36.3. The lowest BCUT2D eigenvalue weighted by Crippen LogP contribution is -2.46. The van der Waals surface area contributed by atoms with Crippen molar-refractivity contribution in [2.24, 2.45) is 11.3 Å². The normalized spacial score (nSPS) is 16.4. The molecule has 6 heteroatoms. The van der Waals surface area contributed by atoms with Crippen LogP contribution in [0.15, 0.2) is 0 Å². The second-order valence-corrected chi connectivity index (χ2v) is 6.45. The van der Waals surface area contributed by atoms with Gasteiger partial charge in [-0.3, -0.25) is 14.4 Å². The van der Waals surface area contributed by atoms with Crippen LogP contribution in [0.5, 0.6) is 0 Å². The van der Waals surface area contributed by atoms with E-state index in [2.05, 4.69) is 5.32 Å². The Balaban J connectivity index is 2.53. The predicted molar refractivity (Wildman–Crippen MR) is 74.0 cm³/mol. The molecule has 0 spiro atoms. The molecular formula is C14H24N2O4. The zero-order valence-electron chi connectivity index (χ0n) is 12.6. The standard InChI is InChI=1S/C14H24N2O4/c1-9(12(18)19)8-16(10-5-6-10)11(17)7-15-13(20)14(2,3)4/h9-10H,5-8H2,1-4H3,(H,15,20)(H,18,19). The highest BCUT2D eigenvalue weighted by molar-refractivity contribution is 5.87. The third-order valence-electron chi connectivity index (χ3n) is 3.28. The molecule has 114 valence electrons. The maximum Gasteiger partial charge on any atom is 0.308 e. The number of nitrogens with zero attached hydrogens (tertiary/aromatic N) is 1. The van der Waals surface area contributed by atoms with Crippen molar-refractivity contribution in [3.05, 3.63) is 0 Å². The number of aliphatic carboxylic acids is 1. The van der Waals surface area contributed by atoms with Crippen LogP contribution in [0, 0.1) is 11.3 Å². The quantitative estimate of drug-likeness (QED) is 0.757. The summed E-state index contributed by atoms with van der Waals surface area (Å²) >= 11 is 0. The first-order chi connectivity index (χ1) is 9.12. The molecule has 1 aliphatic rings. The van der Waals surface area contributed by atoms with E-state index in [-0.39, 0.29) is 30.9 Å². The number of carbonyl (C=O) groups excluding carboxylic acids is 2. The summed E-state index contributed by atoms with van der Waals surface area (Å²) in [6.45, 7) is 7.04. The first kappa shape index (κ1) is 16.5. The first-order valence-electron chi connectivity index (χ1n) is 6.93. The van der Waals surface area contributed by atoms with E-state index in [1.54, 1.807) is 32.6 Å². The van der Waals surface area contributed by atoms with Gasteiger partial charge < -0.3 is 15.3 Å². The summed E-state index contributed by atoms with van der Waals surface area (Å²) in [6, 6.07) is 0.135. The molecule has 2 N–H and O–H groups in total. The Labute approximate surface area is 119 Å². The minimum atomic E-state index is -0.915. The monoisotopic (exact) mass is 284 g/mol. The number of amides is 2. The number of nitrogens with one attached hydrogen (secondary N) is 1. The molecule has 0 heterocycles. The van der Waals surface area contributed by atoms with Gasteiger partial charge in [-0.1, -0.05) is 27.7 Å². The highest BCUT2D eigenvalue weighted by Crippen LogP contribution is 2.27.